The van der Waals surface area contributed by atoms with Crippen molar-refractivity contribution in [2.75, 3.05) is 14.1 Å². The van der Waals surface area contributed by atoms with E-state index in [-0.39, 0.29) is 0 Å². The summed E-state index contributed by atoms with van der Waals surface area (Å²) < 4.78 is 0.911. The van der Waals surface area contributed by atoms with Crippen LogP contribution < -0.4 is 5.43 Å². The summed E-state index contributed by atoms with van der Waals surface area (Å²) in [6.07, 6.45) is 1.22. The molecule has 0 aromatic rings. The molecule has 0 saturated carbocycles. The Morgan fingerprint density at radius 3 is 1.91 bits per heavy atom. The van der Waals surface area contributed by atoms with Gasteiger partial charge in [0, 0.05) is 6.04 Å². The molecule has 0 amide bonds. The number of hydrogen-bond donors (Lipinski definition) is 1. The normalized spacial score (nSPS) is 15.5. The molecule has 0 aliphatic heterocycles. The first-order chi connectivity index (χ1) is 4.90. The van der Waals surface area contributed by atoms with E-state index < -0.39 is 0 Å². The topological polar surface area (TPSA) is 12.0 Å². The fraction of sp³-hybridized carbons (Fsp3) is 1.00. The number of hydrogen-bond acceptors (Lipinski definition) is 1. The Labute approximate surface area is 71.1 Å². The Balaban J connectivity index is 3.98. The van der Waals surface area contributed by atoms with Crippen LogP contribution in [-0.2, 0) is 0 Å². The summed E-state index contributed by atoms with van der Waals surface area (Å²) in [7, 11) is 4.43. The van der Waals surface area contributed by atoms with E-state index in [4.69, 9.17) is 0 Å². The van der Waals surface area contributed by atoms with E-state index in [1.54, 1.807) is 0 Å². The van der Waals surface area contributed by atoms with Crippen LogP contribution in [-0.4, -0.2) is 30.8 Å². The molecule has 2 heteroatoms. The van der Waals surface area contributed by atoms with Crippen LogP contribution in [0.25, 0.3) is 0 Å². The van der Waals surface area contributed by atoms with Crippen molar-refractivity contribution in [1.29, 1.82) is 0 Å². The lowest BCUT2D eigenvalue weighted by atomic mass is 10.2. The molecule has 2 nitrogen and oxygen atoms in total. The number of quaternary nitrogens is 1. The van der Waals surface area contributed by atoms with Crippen molar-refractivity contribution in [1.82, 2.24) is 5.43 Å². The van der Waals surface area contributed by atoms with Crippen LogP contribution in [0.2, 0.25) is 0 Å². The van der Waals surface area contributed by atoms with E-state index in [0.717, 1.165) is 4.59 Å². The predicted octanol–water partition coefficient (Wildman–Crippen LogP) is 1.77. The smallest absolute Gasteiger partial charge is 0.103 e. The standard InChI is InChI=1S/C9H23N2/c1-7-9(4)11(5,6)10-8(2)3/h8-10H,7H2,1-6H3/q+1/t9-/m1/s1. The minimum Gasteiger partial charge on any atom is -0.248 e. The van der Waals surface area contributed by atoms with Gasteiger partial charge in [-0.3, -0.25) is 0 Å². The SMILES string of the molecule is CC[C@@H](C)[N+](C)(C)NC(C)C. The van der Waals surface area contributed by atoms with E-state index in [2.05, 4.69) is 47.2 Å². The van der Waals surface area contributed by atoms with E-state index in [1.807, 2.05) is 0 Å². The molecule has 0 aliphatic carbocycles. The molecule has 11 heavy (non-hydrogen) atoms. The van der Waals surface area contributed by atoms with Crippen molar-refractivity contribution < 1.29 is 4.59 Å². The van der Waals surface area contributed by atoms with Gasteiger partial charge in [0.15, 0.2) is 0 Å². The van der Waals surface area contributed by atoms with Crippen molar-refractivity contribution in [3.8, 4) is 0 Å². The highest BCUT2D eigenvalue weighted by Gasteiger charge is 2.22. The van der Waals surface area contributed by atoms with Gasteiger partial charge in [0.1, 0.15) is 6.04 Å². The molecular weight excluding hydrogens is 136 g/mol. The highest BCUT2D eigenvalue weighted by Crippen LogP contribution is 2.06. The zero-order chi connectivity index (χ0) is 9.07. The molecule has 0 aromatic carbocycles. The maximum Gasteiger partial charge on any atom is 0.103 e. The van der Waals surface area contributed by atoms with Crippen LogP contribution >= 0.6 is 0 Å². The summed E-state index contributed by atoms with van der Waals surface area (Å²) in [4.78, 5) is 0. The highest BCUT2D eigenvalue weighted by atomic mass is 15.6. The number of nitrogens with one attached hydrogen (secondary N) is 1. The molecule has 0 fully saturated rings. The van der Waals surface area contributed by atoms with E-state index in [0.29, 0.717) is 12.1 Å². The van der Waals surface area contributed by atoms with Crippen LogP contribution in [0.15, 0.2) is 0 Å². The lowest BCUT2D eigenvalue weighted by Gasteiger charge is -2.36. The molecule has 0 aromatic heterocycles. The predicted molar refractivity (Wildman–Crippen MR) is 50.1 cm³/mol. The summed E-state index contributed by atoms with van der Waals surface area (Å²) in [5, 5.41) is 0. The number of rotatable bonds is 4. The Bertz CT molecular complexity index is 108. The maximum atomic E-state index is 3.51. The van der Waals surface area contributed by atoms with E-state index in [1.165, 1.54) is 6.42 Å². The fourth-order valence-electron chi connectivity index (χ4n) is 1.25. The highest BCUT2D eigenvalue weighted by molar-refractivity contribution is 4.47. The Morgan fingerprint density at radius 2 is 1.64 bits per heavy atom. The molecule has 68 valence electrons. The summed E-state index contributed by atoms with van der Waals surface area (Å²) in [6.45, 7) is 8.87. The third-order valence-corrected chi connectivity index (χ3v) is 2.28. The first kappa shape index (κ1) is 10.9. The lowest BCUT2D eigenvalue weighted by Crippen LogP contribution is -2.59. The molecule has 0 unspecified atom stereocenters. The molecule has 0 radical (unpaired) electrons. The van der Waals surface area contributed by atoms with Gasteiger partial charge in [-0.05, 0) is 27.2 Å². The molecule has 0 spiro atoms. The summed E-state index contributed by atoms with van der Waals surface area (Å²) >= 11 is 0. The van der Waals surface area contributed by atoms with Gasteiger partial charge in [0.05, 0.1) is 14.1 Å². The minimum absolute atomic E-state index is 0.555. The molecule has 0 aliphatic rings. The third-order valence-electron chi connectivity index (χ3n) is 2.28. The van der Waals surface area contributed by atoms with Gasteiger partial charge >= 0.3 is 0 Å². The molecule has 1 N–H and O–H groups in total. The van der Waals surface area contributed by atoms with E-state index >= 15 is 0 Å². The Kier molecular flexibility index (Phi) is 4.04. The zero-order valence-electron chi connectivity index (χ0n) is 8.81. The third kappa shape index (κ3) is 3.73. The fourth-order valence-corrected chi connectivity index (χ4v) is 1.25. The van der Waals surface area contributed by atoms with Crippen LogP contribution in [0.4, 0.5) is 0 Å². The van der Waals surface area contributed by atoms with Gasteiger partial charge in [0.2, 0.25) is 0 Å². The van der Waals surface area contributed by atoms with Crippen LogP contribution in [0.5, 0.6) is 0 Å². The van der Waals surface area contributed by atoms with Crippen molar-refractivity contribution in [2.45, 2.75) is 46.2 Å². The van der Waals surface area contributed by atoms with Gasteiger partial charge in [-0.25, -0.2) is 4.59 Å². The van der Waals surface area contributed by atoms with Crippen LogP contribution in [0, 0.1) is 0 Å². The van der Waals surface area contributed by atoms with Crippen LogP contribution in [0.3, 0.4) is 0 Å². The largest absolute Gasteiger partial charge is 0.248 e. The van der Waals surface area contributed by atoms with Crippen molar-refractivity contribution in [3.63, 3.8) is 0 Å². The summed E-state index contributed by atoms with van der Waals surface area (Å²) in [5.74, 6) is 0. The van der Waals surface area contributed by atoms with Gasteiger partial charge < -0.3 is 0 Å². The average molecular weight is 159 g/mol. The Morgan fingerprint density at radius 1 is 1.18 bits per heavy atom. The average Bonchev–Trinajstić information content (AvgIpc) is 1.83. The first-order valence-corrected chi connectivity index (χ1v) is 4.51. The van der Waals surface area contributed by atoms with Crippen molar-refractivity contribution in [2.24, 2.45) is 0 Å². The van der Waals surface area contributed by atoms with Crippen molar-refractivity contribution >= 4 is 0 Å². The summed E-state index contributed by atoms with van der Waals surface area (Å²) in [5.41, 5.74) is 3.51. The van der Waals surface area contributed by atoms with Crippen LogP contribution in [0.1, 0.15) is 34.1 Å². The second kappa shape index (κ2) is 4.07. The molecular formula is C9H23N2+. The van der Waals surface area contributed by atoms with Gasteiger partial charge in [-0.15, -0.1) is 0 Å². The molecule has 0 saturated heterocycles. The van der Waals surface area contributed by atoms with E-state index in [9.17, 15) is 0 Å². The second-order valence-electron chi connectivity index (χ2n) is 4.08. The molecule has 1 atom stereocenters. The number of nitrogens with zero attached hydrogens (tertiary/aromatic N) is 1. The molecule has 0 heterocycles. The lowest BCUT2D eigenvalue weighted by molar-refractivity contribution is -0.958. The van der Waals surface area contributed by atoms with Gasteiger partial charge in [-0.2, -0.15) is 5.43 Å². The first-order valence-electron chi connectivity index (χ1n) is 4.51. The zero-order valence-corrected chi connectivity index (χ0v) is 8.81. The minimum atomic E-state index is 0.555. The summed E-state index contributed by atoms with van der Waals surface area (Å²) in [6, 6.07) is 1.23. The van der Waals surface area contributed by atoms with Crippen molar-refractivity contribution in [3.05, 3.63) is 0 Å². The molecule has 0 bridgehead atoms. The maximum absolute atomic E-state index is 3.51. The monoisotopic (exact) mass is 159 g/mol. The second-order valence-corrected chi connectivity index (χ2v) is 4.08. The molecule has 0 rings (SSSR count). The Hall–Kier alpha value is -0.0800. The quantitative estimate of drug-likeness (QED) is 0.487. The van der Waals surface area contributed by atoms with Gasteiger partial charge in [-0.1, -0.05) is 6.92 Å². The van der Waals surface area contributed by atoms with Gasteiger partial charge in [0.25, 0.3) is 0 Å².